The van der Waals surface area contributed by atoms with E-state index in [4.69, 9.17) is 4.74 Å². The van der Waals surface area contributed by atoms with E-state index >= 15 is 0 Å². The summed E-state index contributed by atoms with van der Waals surface area (Å²) in [4.78, 5) is 19.9. The van der Waals surface area contributed by atoms with E-state index in [0.29, 0.717) is 36.2 Å². The van der Waals surface area contributed by atoms with Gasteiger partial charge in [-0.3, -0.25) is 4.98 Å². The lowest BCUT2D eigenvalue weighted by Gasteiger charge is -2.29. The summed E-state index contributed by atoms with van der Waals surface area (Å²) in [6, 6.07) is 18.3. The number of nitrogens with one attached hydrogen (secondary N) is 1. The lowest BCUT2D eigenvalue weighted by Crippen LogP contribution is -2.36. The molecule has 9 nitrogen and oxygen atoms in total. The highest BCUT2D eigenvalue weighted by Crippen LogP contribution is 2.27. The number of anilines is 3. The number of morpholine rings is 1. The van der Waals surface area contributed by atoms with Gasteiger partial charge in [0, 0.05) is 42.4 Å². The first kappa shape index (κ1) is 23.7. The van der Waals surface area contributed by atoms with Crippen molar-refractivity contribution < 1.29 is 9.13 Å². The number of nitrogens with zero attached hydrogens (tertiary/aromatic N) is 7. The van der Waals surface area contributed by atoms with E-state index in [-0.39, 0.29) is 5.82 Å². The summed E-state index contributed by atoms with van der Waals surface area (Å²) in [5.74, 6) is 0.676. The Morgan fingerprint density at radius 2 is 1.71 bits per heavy atom. The Morgan fingerprint density at radius 1 is 0.868 bits per heavy atom. The molecule has 1 saturated heterocycles. The van der Waals surface area contributed by atoms with E-state index < -0.39 is 0 Å². The van der Waals surface area contributed by atoms with Gasteiger partial charge in [0.15, 0.2) is 5.82 Å². The average molecular weight is 509 g/mol. The topological polar surface area (TPSA) is 93.9 Å². The first-order chi connectivity index (χ1) is 18.6. The minimum Gasteiger partial charge on any atom is -0.378 e. The van der Waals surface area contributed by atoms with Crippen LogP contribution >= 0.6 is 0 Å². The molecular weight excluding hydrogens is 483 g/mol. The molecule has 1 aliphatic heterocycles. The molecule has 6 rings (SSSR count). The summed E-state index contributed by atoms with van der Waals surface area (Å²) < 4.78 is 21.6. The van der Waals surface area contributed by atoms with Crippen LogP contribution in [0.3, 0.4) is 0 Å². The maximum Gasteiger partial charge on any atom is 0.227 e. The Bertz CT molecular complexity index is 1550. The zero-order chi connectivity index (χ0) is 25.9. The molecule has 38 heavy (non-hydrogen) atoms. The van der Waals surface area contributed by atoms with Gasteiger partial charge in [0.05, 0.1) is 24.6 Å². The van der Waals surface area contributed by atoms with E-state index in [9.17, 15) is 4.39 Å². The molecule has 1 aliphatic rings. The van der Waals surface area contributed by atoms with Gasteiger partial charge in [-0.1, -0.05) is 6.07 Å². The van der Waals surface area contributed by atoms with Crippen LogP contribution in [0.25, 0.3) is 28.5 Å². The Hall–Kier alpha value is -4.70. The number of aryl methyl sites for hydroxylation is 1. The van der Waals surface area contributed by atoms with Crippen LogP contribution in [0, 0.1) is 12.7 Å². The van der Waals surface area contributed by atoms with Crippen molar-refractivity contribution in [2.24, 2.45) is 0 Å². The Morgan fingerprint density at radius 3 is 2.50 bits per heavy atom. The smallest absolute Gasteiger partial charge is 0.227 e. The van der Waals surface area contributed by atoms with Gasteiger partial charge in [-0.2, -0.15) is 0 Å². The molecule has 0 amide bonds. The van der Waals surface area contributed by atoms with Crippen LogP contribution in [0.5, 0.6) is 0 Å². The highest BCUT2D eigenvalue weighted by Gasteiger charge is 2.14. The van der Waals surface area contributed by atoms with Crippen molar-refractivity contribution >= 4 is 17.3 Å². The Balaban J connectivity index is 1.18. The third kappa shape index (κ3) is 5.21. The summed E-state index contributed by atoms with van der Waals surface area (Å²) in [6.07, 6.45) is 5.12. The fourth-order valence-electron chi connectivity index (χ4n) is 4.24. The minimum absolute atomic E-state index is 0.304. The quantitative estimate of drug-likeness (QED) is 0.349. The van der Waals surface area contributed by atoms with Crippen molar-refractivity contribution in [3.05, 3.63) is 90.8 Å². The zero-order valence-corrected chi connectivity index (χ0v) is 20.8. The molecule has 0 aliphatic carbocycles. The SMILES string of the molecule is Cc1ccc(-c2ncn(-c3ccc(Nc4nccc(-c5cc(F)cc(N6CCOCC6)c5)n4)cc3)n2)nc1. The number of benzene rings is 2. The third-order valence-corrected chi connectivity index (χ3v) is 6.23. The number of halogens is 1. The van der Waals surface area contributed by atoms with Crippen LogP contribution < -0.4 is 10.2 Å². The van der Waals surface area contributed by atoms with Crippen LogP contribution in [0.2, 0.25) is 0 Å². The van der Waals surface area contributed by atoms with Gasteiger partial charge in [-0.15, -0.1) is 5.10 Å². The lowest BCUT2D eigenvalue weighted by atomic mass is 10.1. The first-order valence-corrected chi connectivity index (χ1v) is 12.3. The van der Waals surface area contributed by atoms with Gasteiger partial charge in [0.25, 0.3) is 0 Å². The molecule has 1 N–H and O–H groups in total. The third-order valence-electron chi connectivity index (χ3n) is 6.23. The fourth-order valence-corrected chi connectivity index (χ4v) is 4.24. The molecule has 0 spiro atoms. The van der Waals surface area contributed by atoms with Gasteiger partial charge in [-0.05, 0) is 67.1 Å². The van der Waals surface area contributed by atoms with E-state index in [1.807, 2.05) is 49.4 Å². The number of ether oxygens (including phenoxy) is 1. The molecule has 0 unspecified atom stereocenters. The molecule has 190 valence electrons. The minimum atomic E-state index is -0.304. The molecule has 3 aromatic heterocycles. The van der Waals surface area contributed by atoms with E-state index in [1.54, 1.807) is 35.5 Å². The van der Waals surface area contributed by atoms with Gasteiger partial charge < -0.3 is 15.0 Å². The zero-order valence-electron chi connectivity index (χ0n) is 20.8. The van der Waals surface area contributed by atoms with E-state index in [2.05, 4.69) is 35.3 Å². The fraction of sp³-hybridized carbons (Fsp3) is 0.179. The van der Waals surface area contributed by atoms with Crippen molar-refractivity contribution in [1.82, 2.24) is 29.7 Å². The van der Waals surface area contributed by atoms with Crippen LogP contribution in [-0.4, -0.2) is 56.0 Å². The monoisotopic (exact) mass is 508 g/mol. The maximum atomic E-state index is 14.5. The lowest BCUT2D eigenvalue weighted by molar-refractivity contribution is 0.122. The molecule has 5 aromatic rings. The van der Waals surface area contributed by atoms with Crippen LogP contribution in [-0.2, 0) is 4.74 Å². The summed E-state index contributed by atoms with van der Waals surface area (Å²) in [5, 5.41) is 7.77. The summed E-state index contributed by atoms with van der Waals surface area (Å²) in [7, 11) is 0. The van der Waals surface area contributed by atoms with Crippen molar-refractivity contribution in [2.45, 2.75) is 6.92 Å². The molecule has 0 radical (unpaired) electrons. The maximum absolute atomic E-state index is 14.5. The van der Waals surface area contributed by atoms with Crippen molar-refractivity contribution in [3.63, 3.8) is 0 Å². The first-order valence-electron chi connectivity index (χ1n) is 12.3. The van der Waals surface area contributed by atoms with Gasteiger partial charge >= 0.3 is 0 Å². The largest absolute Gasteiger partial charge is 0.378 e. The summed E-state index contributed by atoms with van der Waals surface area (Å²) in [6.45, 7) is 4.72. The average Bonchev–Trinajstić information content (AvgIpc) is 3.45. The molecular formula is C28H25FN8O. The molecule has 10 heteroatoms. The van der Waals surface area contributed by atoms with E-state index in [0.717, 1.165) is 41.4 Å². The number of hydrogen-bond acceptors (Lipinski definition) is 8. The Kier molecular flexibility index (Phi) is 6.45. The van der Waals surface area contributed by atoms with Crippen LogP contribution in [0.4, 0.5) is 21.7 Å². The second-order valence-electron chi connectivity index (χ2n) is 8.97. The molecule has 4 heterocycles. The van der Waals surface area contributed by atoms with Crippen molar-refractivity contribution in [1.29, 1.82) is 0 Å². The highest BCUT2D eigenvalue weighted by atomic mass is 19.1. The standard InChI is InChI=1S/C28H25FN8O/c1-19-2-7-26(31-17-19)27-32-18-37(35-27)23-5-3-22(4-6-23)33-28-30-9-8-25(34-28)20-14-21(29)16-24(15-20)36-10-12-38-13-11-36/h2-9,14-18H,10-13H2,1H3,(H,30,33,34). The van der Waals surface area contributed by atoms with Crippen molar-refractivity contribution in [2.75, 3.05) is 36.5 Å². The number of aromatic nitrogens is 6. The van der Waals surface area contributed by atoms with Crippen molar-refractivity contribution in [3.8, 4) is 28.5 Å². The van der Waals surface area contributed by atoms with Crippen LogP contribution in [0.15, 0.2) is 79.4 Å². The summed E-state index contributed by atoms with van der Waals surface area (Å²) >= 11 is 0. The normalized spacial score (nSPS) is 13.5. The number of hydrogen-bond donors (Lipinski definition) is 1. The molecule has 2 aromatic carbocycles. The van der Waals surface area contributed by atoms with Gasteiger partial charge in [0.2, 0.25) is 5.95 Å². The molecule has 0 atom stereocenters. The predicted molar refractivity (Wildman–Crippen MR) is 143 cm³/mol. The van der Waals surface area contributed by atoms with Gasteiger partial charge in [0.1, 0.15) is 17.8 Å². The van der Waals surface area contributed by atoms with E-state index in [1.165, 1.54) is 6.07 Å². The molecule has 1 fully saturated rings. The number of pyridine rings is 1. The molecule has 0 bridgehead atoms. The second kappa shape index (κ2) is 10.3. The number of rotatable bonds is 6. The molecule has 0 saturated carbocycles. The summed E-state index contributed by atoms with van der Waals surface area (Å²) in [5.41, 5.74) is 5.61. The predicted octanol–water partition coefficient (Wildman–Crippen LogP) is 4.81. The second-order valence-corrected chi connectivity index (χ2v) is 8.97. The van der Waals surface area contributed by atoms with Gasteiger partial charge in [-0.25, -0.2) is 24.0 Å². The Labute approximate surface area is 219 Å². The highest BCUT2D eigenvalue weighted by molar-refractivity contribution is 5.67. The van der Waals surface area contributed by atoms with Crippen LogP contribution in [0.1, 0.15) is 5.56 Å².